The van der Waals surface area contributed by atoms with E-state index < -0.39 is 0 Å². The van der Waals surface area contributed by atoms with Gasteiger partial charge in [-0.05, 0) is 48.6 Å². The number of allylic oxidation sites excluding steroid dienone is 2. The lowest BCUT2D eigenvalue weighted by molar-refractivity contribution is 0.337. The number of halogens is 1. The van der Waals surface area contributed by atoms with Crippen LogP contribution in [0.25, 0.3) is 0 Å². The van der Waals surface area contributed by atoms with Gasteiger partial charge >= 0.3 is 0 Å². The molecule has 0 amide bonds. The lowest BCUT2D eigenvalue weighted by atomic mass is 9.77. The molecule has 4 rings (SSSR count). The van der Waals surface area contributed by atoms with Gasteiger partial charge in [-0.3, -0.25) is 0 Å². The third-order valence-corrected chi connectivity index (χ3v) is 5.14. The summed E-state index contributed by atoms with van der Waals surface area (Å²) in [7, 11) is 0. The highest BCUT2D eigenvalue weighted by Crippen LogP contribution is 2.52. The van der Waals surface area contributed by atoms with Crippen LogP contribution in [0.5, 0.6) is 5.75 Å². The van der Waals surface area contributed by atoms with Crippen molar-refractivity contribution < 1.29 is 4.74 Å². The number of hydrogen-bond donors (Lipinski definition) is 1. The standard InChI is InChI=1S/C20H20ClNO/c1-2-23-18-8-4-7-17-15-5-3-6-16(15)19(22-20(17)18)13-9-11-14(21)12-10-13/h3-5,7-12,15-16,19,22H,2,6H2,1H3/t15-,16+,19+/m0/s1. The molecule has 0 radical (unpaired) electrons. The zero-order valence-electron chi connectivity index (χ0n) is 13.1. The van der Waals surface area contributed by atoms with Crippen molar-refractivity contribution in [3.8, 4) is 5.75 Å². The molecule has 3 heteroatoms. The van der Waals surface area contributed by atoms with Crippen molar-refractivity contribution in [3.05, 3.63) is 70.8 Å². The molecule has 1 aliphatic heterocycles. The average Bonchev–Trinajstić information content (AvgIpc) is 3.05. The second-order valence-electron chi connectivity index (χ2n) is 6.18. The van der Waals surface area contributed by atoms with Crippen LogP contribution in [0.15, 0.2) is 54.6 Å². The highest BCUT2D eigenvalue weighted by molar-refractivity contribution is 6.30. The van der Waals surface area contributed by atoms with Crippen molar-refractivity contribution in [1.82, 2.24) is 0 Å². The molecule has 23 heavy (non-hydrogen) atoms. The van der Waals surface area contributed by atoms with E-state index in [1.165, 1.54) is 11.1 Å². The average molecular weight is 326 g/mol. The molecule has 0 fully saturated rings. The molecule has 0 saturated carbocycles. The van der Waals surface area contributed by atoms with Gasteiger partial charge in [-0.1, -0.05) is 48.0 Å². The molecule has 2 aliphatic rings. The number of ether oxygens (including phenoxy) is 1. The Balaban J connectivity index is 1.78. The quantitative estimate of drug-likeness (QED) is 0.745. The van der Waals surface area contributed by atoms with E-state index in [1.54, 1.807) is 0 Å². The maximum atomic E-state index is 6.06. The SMILES string of the molecule is CCOc1cccc2c1N[C@H](c1ccc(Cl)cc1)[C@@H]1CC=C[C@H]21. The maximum Gasteiger partial charge on any atom is 0.142 e. The second-order valence-corrected chi connectivity index (χ2v) is 6.62. The second kappa shape index (κ2) is 5.93. The third kappa shape index (κ3) is 2.51. The highest BCUT2D eigenvalue weighted by atomic mass is 35.5. The van der Waals surface area contributed by atoms with Crippen LogP contribution < -0.4 is 10.1 Å². The summed E-state index contributed by atoms with van der Waals surface area (Å²) in [5, 5.41) is 4.53. The van der Waals surface area contributed by atoms with Gasteiger partial charge < -0.3 is 10.1 Å². The maximum absolute atomic E-state index is 6.06. The Bertz CT molecular complexity index is 738. The Hall–Kier alpha value is -1.93. The number of hydrogen-bond acceptors (Lipinski definition) is 2. The molecule has 118 valence electrons. The zero-order valence-corrected chi connectivity index (χ0v) is 13.9. The van der Waals surface area contributed by atoms with Crippen LogP contribution in [0.1, 0.15) is 36.4 Å². The van der Waals surface area contributed by atoms with Crippen LogP contribution in [0.4, 0.5) is 5.69 Å². The summed E-state index contributed by atoms with van der Waals surface area (Å²) in [5.41, 5.74) is 3.77. The summed E-state index contributed by atoms with van der Waals surface area (Å²) in [6.45, 7) is 2.70. The van der Waals surface area contributed by atoms with Crippen LogP contribution in [-0.4, -0.2) is 6.61 Å². The predicted octanol–water partition coefficient (Wildman–Crippen LogP) is 5.57. The first-order valence-corrected chi connectivity index (χ1v) is 8.60. The first kappa shape index (κ1) is 14.6. The topological polar surface area (TPSA) is 21.3 Å². The van der Waals surface area contributed by atoms with Gasteiger partial charge in [0.1, 0.15) is 5.75 Å². The van der Waals surface area contributed by atoms with Crippen LogP contribution in [0.2, 0.25) is 5.02 Å². The molecule has 1 N–H and O–H groups in total. The third-order valence-electron chi connectivity index (χ3n) is 4.89. The first-order chi connectivity index (χ1) is 11.3. The molecule has 0 aromatic heterocycles. The van der Waals surface area contributed by atoms with Crippen LogP contribution >= 0.6 is 11.6 Å². The van der Waals surface area contributed by atoms with Gasteiger partial charge in [0.25, 0.3) is 0 Å². The van der Waals surface area contributed by atoms with Crippen molar-refractivity contribution in [2.45, 2.75) is 25.3 Å². The molecule has 3 atom stereocenters. The molecular weight excluding hydrogens is 306 g/mol. The molecule has 2 aromatic rings. The fraction of sp³-hybridized carbons (Fsp3) is 0.300. The van der Waals surface area contributed by atoms with E-state index in [-0.39, 0.29) is 6.04 Å². The molecule has 0 spiro atoms. The number of rotatable bonds is 3. The number of anilines is 1. The molecule has 2 aromatic carbocycles. The predicted molar refractivity (Wildman–Crippen MR) is 95.4 cm³/mol. The Morgan fingerprint density at radius 2 is 2.00 bits per heavy atom. The van der Waals surface area contributed by atoms with Gasteiger partial charge in [-0.2, -0.15) is 0 Å². The molecule has 0 saturated heterocycles. The first-order valence-electron chi connectivity index (χ1n) is 8.22. The lowest BCUT2D eigenvalue weighted by Crippen LogP contribution is -2.29. The van der Waals surface area contributed by atoms with E-state index in [4.69, 9.17) is 16.3 Å². The van der Waals surface area contributed by atoms with Crippen molar-refractivity contribution in [3.63, 3.8) is 0 Å². The lowest BCUT2D eigenvalue weighted by Gasteiger charge is -2.38. The van der Waals surface area contributed by atoms with E-state index in [0.29, 0.717) is 18.4 Å². The summed E-state index contributed by atoms with van der Waals surface area (Å²) < 4.78 is 5.85. The van der Waals surface area contributed by atoms with Crippen LogP contribution in [0, 0.1) is 5.92 Å². The number of para-hydroxylation sites is 1. The van der Waals surface area contributed by atoms with E-state index in [1.807, 2.05) is 25.1 Å². The Morgan fingerprint density at radius 3 is 2.78 bits per heavy atom. The van der Waals surface area contributed by atoms with Crippen molar-refractivity contribution in [2.75, 3.05) is 11.9 Å². The fourth-order valence-corrected chi connectivity index (χ4v) is 3.99. The van der Waals surface area contributed by atoms with E-state index >= 15 is 0 Å². The van der Waals surface area contributed by atoms with Crippen LogP contribution in [0.3, 0.4) is 0 Å². The Morgan fingerprint density at radius 1 is 1.17 bits per heavy atom. The number of nitrogens with one attached hydrogen (secondary N) is 1. The summed E-state index contributed by atoms with van der Waals surface area (Å²) >= 11 is 6.06. The fourth-order valence-electron chi connectivity index (χ4n) is 3.87. The van der Waals surface area contributed by atoms with E-state index in [0.717, 1.165) is 22.9 Å². The smallest absolute Gasteiger partial charge is 0.142 e. The molecular formula is C20H20ClNO. The minimum atomic E-state index is 0.279. The highest BCUT2D eigenvalue weighted by Gasteiger charge is 2.38. The van der Waals surface area contributed by atoms with Crippen molar-refractivity contribution in [1.29, 1.82) is 0 Å². The van der Waals surface area contributed by atoms with Gasteiger partial charge in [-0.25, -0.2) is 0 Å². The minimum absolute atomic E-state index is 0.279. The summed E-state index contributed by atoms with van der Waals surface area (Å²) in [4.78, 5) is 0. The Kier molecular flexibility index (Phi) is 3.78. The molecule has 2 nitrogen and oxygen atoms in total. The van der Waals surface area contributed by atoms with Crippen molar-refractivity contribution >= 4 is 17.3 Å². The van der Waals surface area contributed by atoms with Crippen molar-refractivity contribution in [2.24, 2.45) is 5.92 Å². The summed E-state index contributed by atoms with van der Waals surface area (Å²) in [6, 6.07) is 14.8. The molecule has 1 aliphatic carbocycles. The number of fused-ring (bicyclic) bond motifs is 3. The van der Waals surface area contributed by atoms with Gasteiger partial charge in [0.15, 0.2) is 0 Å². The number of benzene rings is 2. The largest absolute Gasteiger partial charge is 0.492 e. The summed E-state index contributed by atoms with van der Waals surface area (Å²) in [6.07, 6.45) is 5.76. The Labute approximate surface area is 142 Å². The van der Waals surface area contributed by atoms with Crippen LogP contribution in [-0.2, 0) is 0 Å². The molecule has 0 bridgehead atoms. The minimum Gasteiger partial charge on any atom is -0.492 e. The van der Waals surface area contributed by atoms with Gasteiger partial charge in [0, 0.05) is 10.9 Å². The van der Waals surface area contributed by atoms with Gasteiger partial charge in [-0.15, -0.1) is 0 Å². The normalized spacial score (nSPS) is 24.7. The molecule has 0 unspecified atom stereocenters. The summed E-state index contributed by atoms with van der Waals surface area (Å²) in [5.74, 6) is 1.94. The van der Waals surface area contributed by atoms with E-state index in [9.17, 15) is 0 Å². The zero-order chi connectivity index (χ0) is 15.8. The van der Waals surface area contributed by atoms with Gasteiger partial charge in [0.2, 0.25) is 0 Å². The monoisotopic (exact) mass is 325 g/mol. The molecule has 1 heterocycles. The van der Waals surface area contributed by atoms with Gasteiger partial charge in [0.05, 0.1) is 18.3 Å². The van der Waals surface area contributed by atoms with E-state index in [2.05, 4.69) is 41.7 Å².